The number of nitrogens with zero attached hydrogens (tertiary/aromatic N) is 2. The Morgan fingerprint density at radius 1 is 0.472 bits per heavy atom. The first-order valence-corrected chi connectivity index (χ1v) is 12.5. The first-order chi connectivity index (χ1) is 17.5. The Bertz CT molecular complexity index is 958. The maximum absolute atomic E-state index is 7.35. The second-order valence-corrected chi connectivity index (χ2v) is 5.92. The van der Waals surface area contributed by atoms with Gasteiger partial charge in [-0.25, -0.2) is 0 Å². The Labute approximate surface area is 227 Å². The molecule has 2 aromatic heterocycles. The lowest BCUT2D eigenvalue weighted by Crippen LogP contribution is -1.84. The van der Waals surface area contributed by atoms with Crippen LogP contribution in [0.25, 0.3) is 22.5 Å². The molecule has 0 fully saturated rings. The molecule has 0 saturated carbocycles. The molecule has 0 bridgehead atoms. The van der Waals surface area contributed by atoms with Crippen LogP contribution in [0.5, 0.6) is 0 Å². The van der Waals surface area contributed by atoms with Gasteiger partial charge in [-0.3, -0.25) is 9.97 Å². The summed E-state index contributed by atoms with van der Waals surface area (Å²) in [5, 5.41) is 0. The summed E-state index contributed by atoms with van der Waals surface area (Å²) in [6, 6.07) is 24.4. The smallest absolute Gasteiger partial charge is 0.0704 e. The second-order valence-electron chi connectivity index (χ2n) is 5.92. The molecule has 2 heterocycles. The monoisotopic (exact) mass is 494 g/mol. The van der Waals surface area contributed by atoms with Gasteiger partial charge in [0.1, 0.15) is 0 Å². The highest BCUT2D eigenvalue weighted by Gasteiger charge is 2.00. The minimum absolute atomic E-state index is 0. The lowest BCUT2D eigenvalue weighted by molar-refractivity contribution is 1.31. The number of rotatable bonds is 2. The van der Waals surface area contributed by atoms with Crippen molar-refractivity contribution in [3.63, 3.8) is 0 Å². The molecule has 2 nitrogen and oxygen atoms in total. The van der Waals surface area contributed by atoms with Gasteiger partial charge in [0.25, 0.3) is 0 Å². The van der Waals surface area contributed by atoms with E-state index in [2.05, 4.69) is 35.9 Å². The number of benzene rings is 2. The molecular formula is C34H54N2. The lowest BCUT2D eigenvalue weighted by Gasteiger charge is -2.03. The van der Waals surface area contributed by atoms with Crippen molar-refractivity contribution in [2.45, 2.75) is 84.1 Å². The zero-order chi connectivity index (χ0) is 27.9. The molecule has 2 aromatic carbocycles. The van der Waals surface area contributed by atoms with Crippen LogP contribution in [0.4, 0.5) is 0 Å². The van der Waals surface area contributed by atoms with E-state index in [1.807, 2.05) is 104 Å². The molecule has 200 valence electrons. The van der Waals surface area contributed by atoms with E-state index in [4.69, 9.17) is 2.74 Å². The van der Waals surface area contributed by atoms with E-state index in [1.54, 1.807) is 24.5 Å². The summed E-state index contributed by atoms with van der Waals surface area (Å²) >= 11 is 0. The maximum atomic E-state index is 7.35. The number of aryl methyl sites for hydroxylation is 2. The van der Waals surface area contributed by atoms with Crippen LogP contribution in [-0.2, 0) is 0 Å². The van der Waals surface area contributed by atoms with E-state index >= 15 is 0 Å². The molecule has 4 rings (SSSR count). The topological polar surface area (TPSA) is 25.8 Å². The fourth-order valence-corrected chi connectivity index (χ4v) is 2.68. The first-order valence-electron chi connectivity index (χ1n) is 13.5. The molecule has 2 heteroatoms. The predicted molar refractivity (Wildman–Crippen MR) is 168 cm³/mol. The van der Waals surface area contributed by atoms with Crippen LogP contribution < -0.4 is 0 Å². The highest BCUT2D eigenvalue weighted by molar-refractivity contribution is 5.63. The largest absolute Gasteiger partial charge is 0.256 e. The van der Waals surface area contributed by atoms with Crippen molar-refractivity contribution in [3.05, 3.63) is 108 Å². The second kappa shape index (κ2) is 28.0. The average Bonchev–Trinajstić information content (AvgIpc) is 2.95. The van der Waals surface area contributed by atoms with Gasteiger partial charge in [0.15, 0.2) is 0 Å². The van der Waals surface area contributed by atoms with Gasteiger partial charge in [-0.2, -0.15) is 0 Å². The molecule has 0 spiro atoms. The van der Waals surface area contributed by atoms with Gasteiger partial charge < -0.3 is 0 Å². The summed E-state index contributed by atoms with van der Waals surface area (Å²) in [6.45, 7) is 20.1. The maximum Gasteiger partial charge on any atom is 0.0704 e. The van der Waals surface area contributed by atoms with E-state index in [1.165, 1.54) is 11.1 Å². The molecule has 0 aliphatic rings. The van der Waals surface area contributed by atoms with Gasteiger partial charge in [0.05, 0.1) is 14.1 Å². The fourth-order valence-electron chi connectivity index (χ4n) is 2.68. The van der Waals surface area contributed by atoms with Gasteiger partial charge >= 0.3 is 0 Å². The highest BCUT2D eigenvalue weighted by Crippen LogP contribution is 2.20. The molecule has 0 unspecified atom stereocenters. The number of hydrogen-bond donors (Lipinski definition) is 0. The zero-order valence-electron chi connectivity index (χ0n) is 25.0. The normalized spacial score (nSPS) is 8.61. The summed E-state index contributed by atoms with van der Waals surface area (Å²) < 4.78 is 14.7. The molecule has 0 aliphatic heterocycles. The minimum atomic E-state index is 0. The van der Waals surface area contributed by atoms with Crippen molar-refractivity contribution >= 4 is 0 Å². The number of hydrogen-bond acceptors (Lipinski definition) is 2. The van der Waals surface area contributed by atoms with Crippen molar-refractivity contribution in [2.75, 3.05) is 0 Å². The van der Waals surface area contributed by atoms with Crippen molar-refractivity contribution in [1.29, 1.82) is 0 Å². The van der Waals surface area contributed by atoms with Crippen LogP contribution in [0.3, 0.4) is 0 Å². The SMILES string of the molecule is C.C.CC.CC.CC.CC.[3H]c1ccc(-c2ccccc2C)nc1.[3H]c1ccc(-c2ccccc2C)nc1. The molecule has 0 N–H and O–H groups in total. The Morgan fingerprint density at radius 2 is 0.778 bits per heavy atom. The third-order valence-corrected chi connectivity index (χ3v) is 4.07. The summed E-state index contributed by atoms with van der Waals surface area (Å²) in [7, 11) is 0. The zero-order valence-corrected chi connectivity index (χ0v) is 23.0. The van der Waals surface area contributed by atoms with E-state index in [9.17, 15) is 0 Å². The van der Waals surface area contributed by atoms with Gasteiger partial charge in [0, 0.05) is 23.5 Å². The third kappa shape index (κ3) is 14.9. The molecular weight excluding hydrogens is 436 g/mol. The van der Waals surface area contributed by atoms with Crippen molar-refractivity contribution in [2.24, 2.45) is 0 Å². The summed E-state index contributed by atoms with van der Waals surface area (Å²) in [5.74, 6) is 0. The van der Waals surface area contributed by atoms with E-state index in [0.717, 1.165) is 22.5 Å². The third-order valence-electron chi connectivity index (χ3n) is 4.07. The Morgan fingerprint density at radius 3 is 1.03 bits per heavy atom. The molecule has 0 saturated heterocycles. The van der Waals surface area contributed by atoms with Crippen molar-refractivity contribution in [1.82, 2.24) is 9.97 Å². The summed E-state index contributed by atoms with van der Waals surface area (Å²) in [4.78, 5) is 8.44. The lowest BCUT2D eigenvalue weighted by atomic mass is 10.1. The van der Waals surface area contributed by atoms with Crippen LogP contribution >= 0.6 is 0 Å². The summed E-state index contributed by atoms with van der Waals surface area (Å²) in [6.07, 6.45) is 3.14. The molecule has 0 radical (unpaired) electrons. The summed E-state index contributed by atoms with van der Waals surface area (Å²) in [5.41, 5.74) is 6.54. The van der Waals surface area contributed by atoms with Crippen LogP contribution in [0.15, 0.2) is 97.3 Å². The van der Waals surface area contributed by atoms with E-state index < -0.39 is 0 Å². The first kappa shape index (κ1) is 34.9. The van der Waals surface area contributed by atoms with Gasteiger partial charge in [-0.1, -0.05) is 131 Å². The Kier molecular flexibility index (Phi) is 27.1. The Balaban J connectivity index is -0.000000231. The van der Waals surface area contributed by atoms with Crippen LogP contribution in [0, 0.1) is 13.8 Å². The molecule has 0 amide bonds. The minimum Gasteiger partial charge on any atom is -0.256 e. The molecule has 0 aliphatic carbocycles. The fraction of sp³-hybridized carbons (Fsp3) is 0.353. The number of pyridine rings is 2. The Hall–Kier alpha value is -3.26. The van der Waals surface area contributed by atoms with Gasteiger partial charge in [0.2, 0.25) is 0 Å². The van der Waals surface area contributed by atoms with E-state index in [0.29, 0.717) is 12.1 Å². The highest BCUT2D eigenvalue weighted by atomic mass is 14.7. The standard InChI is InChI=1S/2C12H11N.4C2H6.2CH4/c2*1-10-6-2-3-7-11(10)12-8-4-5-9-13-12;4*1-2;;/h2*2-9H,1H3;4*1-2H3;2*1H4/i2*5T;;;;;;. The van der Waals surface area contributed by atoms with E-state index in [-0.39, 0.29) is 14.9 Å². The van der Waals surface area contributed by atoms with Gasteiger partial charge in [-0.05, 0) is 49.2 Å². The van der Waals surface area contributed by atoms with Gasteiger partial charge in [-0.15, -0.1) is 0 Å². The van der Waals surface area contributed by atoms with Crippen LogP contribution in [0.1, 0.15) is 84.1 Å². The molecule has 4 aromatic rings. The van der Waals surface area contributed by atoms with Crippen LogP contribution in [0.2, 0.25) is 0 Å². The van der Waals surface area contributed by atoms with Crippen molar-refractivity contribution < 1.29 is 2.74 Å². The number of aromatic nitrogens is 2. The molecule has 0 atom stereocenters. The predicted octanol–water partition coefficient (Wildman–Crippen LogP) is 11.5. The average molecular weight is 495 g/mol. The molecule has 36 heavy (non-hydrogen) atoms. The van der Waals surface area contributed by atoms with Crippen LogP contribution in [-0.4, -0.2) is 9.97 Å². The van der Waals surface area contributed by atoms with Crippen molar-refractivity contribution in [3.8, 4) is 22.5 Å². The quantitative estimate of drug-likeness (QED) is 0.277.